The minimum absolute atomic E-state index is 0.119. The topological polar surface area (TPSA) is 20.3 Å². The number of carbonyl (C=O) groups is 1. The van der Waals surface area contributed by atoms with E-state index in [0.717, 1.165) is 17.7 Å². The van der Waals surface area contributed by atoms with Crippen molar-refractivity contribution in [3.63, 3.8) is 0 Å². The highest BCUT2D eigenvalue weighted by Gasteiger charge is 2.26. The number of rotatable bonds is 2. The quantitative estimate of drug-likeness (QED) is 0.747. The highest BCUT2D eigenvalue weighted by molar-refractivity contribution is 5.96. The van der Waals surface area contributed by atoms with E-state index in [2.05, 4.69) is 20.8 Å². The van der Waals surface area contributed by atoms with Crippen LogP contribution in [-0.4, -0.2) is 22.9 Å². The van der Waals surface area contributed by atoms with Crippen LogP contribution in [0, 0.1) is 6.92 Å². The van der Waals surface area contributed by atoms with Gasteiger partial charge in [0.05, 0.1) is 0 Å². The van der Waals surface area contributed by atoms with Crippen LogP contribution >= 0.6 is 0 Å². The molecule has 1 amide bonds. The van der Waals surface area contributed by atoms with Crippen LogP contribution in [0.4, 0.5) is 0 Å². The molecule has 1 aromatic carbocycles. The lowest BCUT2D eigenvalue weighted by molar-refractivity contribution is 0.0598. The first-order valence-corrected chi connectivity index (χ1v) is 5.75. The van der Waals surface area contributed by atoms with Gasteiger partial charge in [-0.05, 0) is 46.2 Å². The molecule has 1 rings (SSSR count). The van der Waals surface area contributed by atoms with E-state index in [1.807, 2.05) is 43.0 Å². The maximum atomic E-state index is 12.4. The molecule has 0 aliphatic carbocycles. The van der Waals surface area contributed by atoms with E-state index in [4.69, 9.17) is 0 Å². The summed E-state index contributed by atoms with van der Waals surface area (Å²) in [6, 6.07) is 7.74. The van der Waals surface area contributed by atoms with Gasteiger partial charge in [-0.3, -0.25) is 4.79 Å². The zero-order valence-electron chi connectivity index (χ0n) is 10.9. The summed E-state index contributed by atoms with van der Waals surface area (Å²) in [5.41, 5.74) is 1.71. The molecule has 0 atom stereocenters. The molecule has 0 heterocycles. The Bertz CT molecular complexity index is 377. The van der Waals surface area contributed by atoms with Crippen molar-refractivity contribution in [3.05, 3.63) is 35.4 Å². The third-order valence-electron chi connectivity index (χ3n) is 2.75. The SMILES string of the molecule is CCN(C(=O)c1ccccc1C)C(C)(C)C. The Morgan fingerprint density at radius 3 is 2.25 bits per heavy atom. The molecule has 0 fully saturated rings. The minimum Gasteiger partial charge on any atom is -0.334 e. The molecule has 0 aliphatic heterocycles. The zero-order valence-corrected chi connectivity index (χ0v) is 10.9. The molecule has 0 saturated carbocycles. The predicted octanol–water partition coefficient (Wildman–Crippen LogP) is 3.26. The van der Waals surface area contributed by atoms with Crippen molar-refractivity contribution < 1.29 is 4.79 Å². The average molecular weight is 219 g/mol. The van der Waals surface area contributed by atoms with Gasteiger partial charge in [0.25, 0.3) is 5.91 Å². The number of amides is 1. The van der Waals surface area contributed by atoms with Gasteiger partial charge in [0.15, 0.2) is 0 Å². The number of hydrogen-bond donors (Lipinski definition) is 0. The van der Waals surface area contributed by atoms with Crippen LogP contribution in [0.5, 0.6) is 0 Å². The van der Waals surface area contributed by atoms with Gasteiger partial charge in [0.2, 0.25) is 0 Å². The van der Waals surface area contributed by atoms with Crippen molar-refractivity contribution in [2.45, 2.75) is 40.2 Å². The fourth-order valence-corrected chi connectivity index (χ4v) is 1.88. The normalized spacial score (nSPS) is 11.3. The fourth-order valence-electron chi connectivity index (χ4n) is 1.88. The Balaban J connectivity index is 3.06. The Labute approximate surface area is 98.3 Å². The van der Waals surface area contributed by atoms with E-state index >= 15 is 0 Å². The van der Waals surface area contributed by atoms with Crippen molar-refractivity contribution in [1.82, 2.24) is 4.90 Å². The molecule has 0 radical (unpaired) electrons. The fraction of sp³-hybridized carbons (Fsp3) is 0.500. The molecule has 1 aromatic rings. The van der Waals surface area contributed by atoms with Gasteiger partial charge in [-0.25, -0.2) is 0 Å². The summed E-state index contributed by atoms with van der Waals surface area (Å²) in [5, 5.41) is 0. The van der Waals surface area contributed by atoms with Crippen LogP contribution < -0.4 is 0 Å². The number of benzene rings is 1. The molecule has 2 nitrogen and oxygen atoms in total. The molecule has 0 spiro atoms. The molecule has 0 N–H and O–H groups in total. The maximum absolute atomic E-state index is 12.4. The van der Waals surface area contributed by atoms with Gasteiger partial charge in [-0.1, -0.05) is 18.2 Å². The van der Waals surface area contributed by atoms with Crippen LogP contribution in [0.15, 0.2) is 24.3 Å². The number of aryl methyl sites for hydroxylation is 1. The minimum atomic E-state index is -0.131. The molecular weight excluding hydrogens is 198 g/mol. The first-order chi connectivity index (χ1) is 7.38. The first-order valence-electron chi connectivity index (χ1n) is 5.75. The van der Waals surface area contributed by atoms with Gasteiger partial charge in [0, 0.05) is 17.6 Å². The Morgan fingerprint density at radius 2 is 1.81 bits per heavy atom. The van der Waals surface area contributed by atoms with E-state index in [9.17, 15) is 4.79 Å². The summed E-state index contributed by atoms with van der Waals surface area (Å²) in [7, 11) is 0. The molecule has 88 valence electrons. The van der Waals surface area contributed by atoms with E-state index in [-0.39, 0.29) is 11.4 Å². The lowest BCUT2D eigenvalue weighted by Gasteiger charge is -2.35. The number of nitrogens with zero attached hydrogens (tertiary/aromatic N) is 1. The van der Waals surface area contributed by atoms with E-state index in [0.29, 0.717) is 0 Å². The van der Waals surface area contributed by atoms with E-state index in [1.54, 1.807) is 0 Å². The summed E-state index contributed by atoms with van der Waals surface area (Å²) in [6.07, 6.45) is 0. The second-order valence-corrected chi connectivity index (χ2v) is 5.04. The van der Waals surface area contributed by atoms with E-state index < -0.39 is 0 Å². The highest BCUT2D eigenvalue weighted by Crippen LogP contribution is 2.18. The number of hydrogen-bond acceptors (Lipinski definition) is 1. The summed E-state index contributed by atoms with van der Waals surface area (Å²) in [5.74, 6) is 0.119. The van der Waals surface area contributed by atoms with Crippen LogP contribution in [-0.2, 0) is 0 Å². The van der Waals surface area contributed by atoms with Crippen LogP contribution in [0.1, 0.15) is 43.6 Å². The van der Waals surface area contributed by atoms with Crippen LogP contribution in [0.2, 0.25) is 0 Å². The summed E-state index contributed by atoms with van der Waals surface area (Å²) in [4.78, 5) is 14.3. The lowest BCUT2D eigenvalue weighted by atomic mass is 10.0. The predicted molar refractivity (Wildman–Crippen MR) is 67.6 cm³/mol. The molecule has 0 bridgehead atoms. The van der Waals surface area contributed by atoms with Crippen LogP contribution in [0.25, 0.3) is 0 Å². The Morgan fingerprint density at radius 1 is 1.25 bits per heavy atom. The standard InChI is InChI=1S/C14H21NO/c1-6-15(14(3,4)5)13(16)12-10-8-7-9-11(12)2/h7-10H,6H2,1-5H3. The molecule has 0 aromatic heterocycles. The van der Waals surface area contributed by atoms with Gasteiger partial charge in [0.1, 0.15) is 0 Å². The second kappa shape index (κ2) is 4.69. The number of carbonyl (C=O) groups excluding carboxylic acids is 1. The van der Waals surface area contributed by atoms with Crippen LogP contribution in [0.3, 0.4) is 0 Å². The molecule has 16 heavy (non-hydrogen) atoms. The van der Waals surface area contributed by atoms with Gasteiger partial charge < -0.3 is 4.90 Å². The molecule has 0 unspecified atom stereocenters. The zero-order chi connectivity index (χ0) is 12.3. The Hall–Kier alpha value is -1.31. The van der Waals surface area contributed by atoms with Crippen molar-refractivity contribution in [3.8, 4) is 0 Å². The summed E-state index contributed by atoms with van der Waals surface area (Å²) >= 11 is 0. The van der Waals surface area contributed by atoms with Gasteiger partial charge >= 0.3 is 0 Å². The maximum Gasteiger partial charge on any atom is 0.254 e. The second-order valence-electron chi connectivity index (χ2n) is 5.04. The van der Waals surface area contributed by atoms with Gasteiger partial charge in [-0.2, -0.15) is 0 Å². The third kappa shape index (κ3) is 2.63. The van der Waals surface area contributed by atoms with Crippen molar-refractivity contribution in [1.29, 1.82) is 0 Å². The molecule has 2 heteroatoms. The summed E-state index contributed by atoms with van der Waals surface area (Å²) in [6.45, 7) is 10.9. The lowest BCUT2D eigenvalue weighted by Crippen LogP contribution is -2.45. The monoisotopic (exact) mass is 219 g/mol. The smallest absolute Gasteiger partial charge is 0.254 e. The molecule has 0 aliphatic rings. The summed E-state index contributed by atoms with van der Waals surface area (Å²) < 4.78 is 0. The molecule has 0 saturated heterocycles. The molecular formula is C14H21NO. The van der Waals surface area contributed by atoms with Crippen molar-refractivity contribution in [2.75, 3.05) is 6.54 Å². The Kier molecular flexibility index (Phi) is 3.74. The van der Waals surface area contributed by atoms with Gasteiger partial charge in [-0.15, -0.1) is 0 Å². The average Bonchev–Trinajstić information content (AvgIpc) is 2.17. The van der Waals surface area contributed by atoms with Crippen molar-refractivity contribution >= 4 is 5.91 Å². The van der Waals surface area contributed by atoms with Crippen molar-refractivity contribution in [2.24, 2.45) is 0 Å². The highest BCUT2D eigenvalue weighted by atomic mass is 16.2. The largest absolute Gasteiger partial charge is 0.334 e. The first kappa shape index (κ1) is 12.8. The van der Waals surface area contributed by atoms with E-state index in [1.165, 1.54) is 0 Å². The third-order valence-corrected chi connectivity index (χ3v) is 2.75.